The van der Waals surface area contributed by atoms with Crippen molar-refractivity contribution in [3.63, 3.8) is 0 Å². The number of aromatic nitrogens is 2. The predicted molar refractivity (Wildman–Crippen MR) is 100 cm³/mol. The number of aryl methyl sites for hydroxylation is 1. The quantitative estimate of drug-likeness (QED) is 0.693. The van der Waals surface area contributed by atoms with E-state index in [1.54, 1.807) is 14.0 Å². The van der Waals surface area contributed by atoms with Crippen LogP contribution in [0.1, 0.15) is 18.4 Å². The van der Waals surface area contributed by atoms with Gasteiger partial charge in [0.05, 0.1) is 25.3 Å². The molecule has 3 rings (SSSR count). The van der Waals surface area contributed by atoms with Crippen molar-refractivity contribution in [1.29, 1.82) is 0 Å². The number of hydrogen-bond donors (Lipinski definition) is 3. The molecule has 0 unspecified atom stereocenters. The summed E-state index contributed by atoms with van der Waals surface area (Å²) >= 11 is 0. The topological polar surface area (TPSA) is 82.2 Å². The molecular formula is C19H22N6O. The van der Waals surface area contributed by atoms with Crippen LogP contribution in [0.2, 0.25) is 0 Å². The van der Waals surface area contributed by atoms with Crippen molar-refractivity contribution < 1.29 is 4.79 Å². The highest BCUT2D eigenvalue weighted by atomic mass is 16.2. The number of benzene rings is 1. The predicted octanol–water partition coefficient (Wildman–Crippen LogP) is 0.829. The number of para-hydroxylation sites is 1. The number of rotatable bonds is 5. The van der Waals surface area contributed by atoms with Crippen molar-refractivity contribution in [2.24, 2.45) is 0 Å². The normalized spacial score (nSPS) is 13.3. The smallest absolute Gasteiger partial charge is 0.271 e. The first-order chi connectivity index (χ1) is 12.6. The Labute approximate surface area is 152 Å². The number of hydrogen-bond acceptors (Lipinski definition) is 6. The largest absolute Gasteiger partial charge is 0.373 e. The number of carbonyl (C=O) groups is 1. The molecule has 0 spiro atoms. The SMILES string of the molecule is CC#CCN1CNC(NC)=C1C(=O)NCc1nc(C)c2ccccc2n1. The first kappa shape index (κ1) is 17.5. The molecule has 0 saturated heterocycles. The molecule has 26 heavy (non-hydrogen) atoms. The lowest BCUT2D eigenvalue weighted by Gasteiger charge is -2.17. The molecular weight excluding hydrogens is 328 g/mol. The van der Waals surface area contributed by atoms with Gasteiger partial charge in [-0.1, -0.05) is 24.1 Å². The van der Waals surface area contributed by atoms with Crippen LogP contribution in [0.5, 0.6) is 0 Å². The van der Waals surface area contributed by atoms with E-state index < -0.39 is 0 Å². The van der Waals surface area contributed by atoms with Crippen LogP contribution in [0, 0.1) is 18.8 Å². The molecule has 0 bridgehead atoms. The molecule has 0 saturated carbocycles. The summed E-state index contributed by atoms with van der Waals surface area (Å²) in [6.45, 7) is 5.02. The molecule has 2 heterocycles. The summed E-state index contributed by atoms with van der Waals surface area (Å²) in [6.07, 6.45) is 0. The zero-order valence-corrected chi connectivity index (χ0v) is 15.2. The average molecular weight is 350 g/mol. The molecule has 0 radical (unpaired) electrons. The summed E-state index contributed by atoms with van der Waals surface area (Å²) in [6, 6.07) is 7.85. The monoisotopic (exact) mass is 350 g/mol. The zero-order chi connectivity index (χ0) is 18.5. The molecule has 134 valence electrons. The van der Waals surface area contributed by atoms with E-state index in [4.69, 9.17) is 0 Å². The van der Waals surface area contributed by atoms with E-state index in [0.29, 0.717) is 30.6 Å². The Bertz CT molecular complexity index is 925. The highest BCUT2D eigenvalue weighted by molar-refractivity contribution is 5.93. The summed E-state index contributed by atoms with van der Waals surface area (Å²) in [5.41, 5.74) is 2.33. The van der Waals surface area contributed by atoms with E-state index >= 15 is 0 Å². The van der Waals surface area contributed by atoms with Crippen molar-refractivity contribution in [3.8, 4) is 11.8 Å². The Morgan fingerprint density at radius 2 is 2.15 bits per heavy atom. The maximum absolute atomic E-state index is 12.7. The van der Waals surface area contributed by atoms with Gasteiger partial charge in [-0.2, -0.15) is 0 Å². The van der Waals surface area contributed by atoms with Gasteiger partial charge in [-0.3, -0.25) is 4.79 Å². The zero-order valence-electron chi connectivity index (χ0n) is 15.2. The molecule has 1 amide bonds. The second-order valence-electron chi connectivity index (χ2n) is 5.86. The van der Waals surface area contributed by atoms with E-state index in [9.17, 15) is 4.79 Å². The summed E-state index contributed by atoms with van der Waals surface area (Å²) in [7, 11) is 1.78. The standard InChI is InChI=1S/C19H22N6O/c1-4-5-10-25-12-22-18(20-3)17(25)19(26)21-11-16-23-13(2)14-8-6-7-9-15(14)24-16/h6-9,20,22H,10-12H2,1-3H3,(H,21,26). The number of fused-ring (bicyclic) bond motifs is 1. The molecule has 0 atom stereocenters. The first-order valence-electron chi connectivity index (χ1n) is 8.45. The third-order valence-corrected chi connectivity index (χ3v) is 4.16. The second kappa shape index (κ2) is 7.74. The summed E-state index contributed by atoms with van der Waals surface area (Å²) in [5.74, 6) is 6.94. The number of nitrogens with zero attached hydrogens (tertiary/aromatic N) is 3. The third kappa shape index (κ3) is 3.54. The summed E-state index contributed by atoms with van der Waals surface area (Å²) in [4.78, 5) is 23.6. The highest BCUT2D eigenvalue weighted by Gasteiger charge is 2.27. The van der Waals surface area contributed by atoms with Crippen LogP contribution in [-0.4, -0.2) is 41.0 Å². The van der Waals surface area contributed by atoms with Gasteiger partial charge in [0.1, 0.15) is 17.3 Å². The van der Waals surface area contributed by atoms with Gasteiger partial charge < -0.3 is 20.9 Å². The van der Waals surface area contributed by atoms with Crippen molar-refractivity contribution in [2.45, 2.75) is 20.4 Å². The number of carbonyl (C=O) groups excluding carboxylic acids is 1. The lowest BCUT2D eigenvalue weighted by molar-refractivity contribution is -0.119. The molecule has 1 aromatic carbocycles. The summed E-state index contributed by atoms with van der Waals surface area (Å²) in [5, 5.41) is 10.1. The van der Waals surface area contributed by atoms with Gasteiger partial charge in [0, 0.05) is 18.1 Å². The van der Waals surface area contributed by atoms with Gasteiger partial charge in [0.25, 0.3) is 5.91 Å². The summed E-state index contributed by atoms with van der Waals surface area (Å²) < 4.78 is 0. The molecule has 0 fully saturated rings. The molecule has 3 N–H and O–H groups in total. The van der Waals surface area contributed by atoms with Gasteiger partial charge >= 0.3 is 0 Å². The highest BCUT2D eigenvalue weighted by Crippen LogP contribution is 2.15. The third-order valence-electron chi connectivity index (χ3n) is 4.16. The fraction of sp³-hybridized carbons (Fsp3) is 0.316. The van der Waals surface area contributed by atoms with E-state index in [1.165, 1.54) is 0 Å². The van der Waals surface area contributed by atoms with E-state index in [2.05, 4.69) is 37.8 Å². The lowest BCUT2D eigenvalue weighted by atomic mass is 10.2. The number of nitrogens with one attached hydrogen (secondary N) is 3. The van der Waals surface area contributed by atoms with Crippen LogP contribution < -0.4 is 16.0 Å². The molecule has 1 aliphatic heterocycles. The fourth-order valence-electron chi connectivity index (χ4n) is 2.89. The molecule has 7 heteroatoms. The van der Waals surface area contributed by atoms with Crippen molar-refractivity contribution in [3.05, 3.63) is 47.3 Å². The van der Waals surface area contributed by atoms with Crippen LogP contribution in [-0.2, 0) is 11.3 Å². The van der Waals surface area contributed by atoms with Gasteiger partial charge in [0.2, 0.25) is 0 Å². The maximum Gasteiger partial charge on any atom is 0.271 e. The van der Waals surface area contributed by atoms with Crippen molar-refractivity contribution in [2.75, 3.05) is 20.3 Å². The van der Waals surface area contributed by atoms with Gasteiger partial charge in [-0.05, 0) is 19.9 Å². The van der Waals surface area contributed by atoms with Crippen LogP contribution in [0.3, 0.4) is 0 Å². The Morgan fingerprint density at radius 3 is 2.92 bits per heavy atom. The van der Waals surface area contributed by atoms with E-state index in [-0.39, 0.29) is 12.5 Å². The Kier molecular flexibility index (Phi) is 5.23. The maximum atomic E-state index is 12.7. The van der Waals surface area contributed by atoms with Gasteiger partial charge in [-0.25, -0.2) is 9.97 Å². The molecule has 1 aromatic heterocycles. The number of amides is 1. The molecule has 2 aromatic rings. The van der Waals surface area contributed by atoms with Crippen molar-refractivity contribution in [1.82, 2.24) is 30.8 Å². The van der Waals surface area contributed by atoms with Crippen LogP contribution in [0.25, 0.3) is 10.9 Å². The lowest BCUT2D eigenvalue weighted by Crippen LogP contribution is -2.34. The minimum atomic E-state index is -0.188. The first-order valence-corrected chi connectivity index (χ1v) is 8.45. The van der Waals surface area contributed by atoms with Gasteiger partial charge in [-0.15, -0.1) is 5.92 Å². The molecule has 1 aliphatic rings. The Morgan fingerprint density at radius 1 is 1.35 bits per heavy atom. The Balaban J connectivity index is 1.76. The van der Waals surface area contributed by atoms with E-state index in [0.717, 1.165) is 16.6 Å². The molecule has 7 nitrogen and oxygen atoms in total. The van der Waals surface area contributed by atoms with Crippen LogP contribution >= 0.6 is 0 Å². The minimum Gasteiger partial charge on any atom is -0.373 e. The minimum absolute atomic E-state index is 0.188. The fourth-order valence-corrected chi connectivity index (χ4v) is 2.89. The average Bonchev–Trinajstić information content (AvgIpc) is 3.07. The van der Waals surface area contributed by atoms with Crippen LogP contribution in [0.15, 0.2) is 35.8 Å². The van der Waals surface area contributed by atoms with E-state index in [1.807, 2.05) is 36.1 Å². The van der Waals surface area contributed by atoms with Crippen molar-refractivity contribution >= 4 is 16.8 Å². The molecule has 0 aliphatic carbocycles. The second-order valence-corrected chi connectivity index (χ2v) is 5.86. The van der Waals surface area contributed by atoms with Gasteiger partial charge in [0.15, 0.2) is 0 Å². The Hall–Kier alpha value is -3.27. The van der Waals surface area contributed by atoms with Crippen LogP contribution in [0.4, 0.5) is 0 Å².